The number of hydrogen-bond donors (Lipinski definition) is 10. The lowest BCUT2D eigenvalue weighted by Gasteiger charge is -2.21. The molecule has 302 valence electrons. The van der Waals surface area contributed by atoms with Gasteiger partial charge >= 0.3 is 29.9 Å². The minimum Gasteiger partial charge on any atom is -0.481 e. The van der Waals surface area contributed by atoms with E-state index in [0.29, 0.717) is 19.3 Å². The van der Waals surface area contributed by atoms with Crippen LogP contribution in [0, 0.1) is 0 Å². The minimum atomic E-state index is -1.64. The van der Waals surface area contributed by atoms with Crippen molar-refractivity contribution in [3.8, 4) is 0 Å². The number of hydrogen-bond acceptors (Lipinski definition) is 15. The molecule has 1 aliphatic heterocycles. The van der Waals surface area contributed by atoms with E-state index >= 15 is 0 Å². The first kappa shape index (κ1) is 47.1. The summed E-state index contributed by atoms with van der Waals surface area (Å²) in [6.07, 6.45) is -2.18. The van der Waals surface area contributed by atoms with Gasteiger partial charge in [-0.2, -0.15) is 12.6 Å². The summed E-state index contributed by atoms with van der Waals surface area (Å²) in [6.45, 7) is 0.0250. The number of ketones is 1. The number of imide groups is 1. The molecule has 0 aromatic carbocycles. The van der Waals surface area contributed by atoms with Crippen LogP contribution in [0.1, 0.15) is 64.2 Å². The van der Waals surface area contributed by atoms with Crippen LogP contribution in [0.2, 0.25) is 0 Å². The Hall–Kier alpha value is -4.97. The van der Waals surface area contributed by atoms with E-state index in [4.69, 9.17) is 21.1 Å². The van der Waals surface area contributed by atoms with Crippen molar-refractivity contribution in [1.82, 2.24) is 26.2 Å². The number of aliphatic carboxylic acids is 4. The van der Waals surface area contributed by atoms with Crippen molar-refractivity contribution in [2.24, 2.45) is 5.73 Å². The van der Waals surface area contributed by atoms with E-state index in [-0.39, 0.29) is 62.4 Å². The highest BCUT2D eigenvalue weighted by Gasteiger charge is 2.39. The van der Waals surface area contributed by atoms with Crippen molar-refractivity contribution in [2.45, 2.75) is 99.9 Å². The third-order valence-corrected chi connectivity index (χ3v) is 9.28. The topological polar surface area (TPSA) is 355 Å². The van der Waals surface area contributed by atoms with Gasteiger partial charge in [0, 0.05) is 43.7 Å². The zero-order valence-corrected chi connectivity index (χ0v) is 30.5. The summed E-state index contributed by atoms with van der Waals surface area (Å²) in [7, 11) is 0. The standard InChI is InChI=1S/C30H44N6O16S2/c31-16(25(44)32-17(10-24(42)43)26(45)33-18(12-53)28(47)48)6-5-15(38)4-2-1-3-9-36-22(39)11-20(27(36)46)54-13-19(29(49)50)34-30(51)35-21(52-14-37)7-8-23(40)41/h14,16-21,53H,1-13,31H2,(H,32,44)(H,33,45)(H,40,41)(H,42,43)(H,47,48)(H,49,50)(H2,34,35,51)/t16-,17?,18-,19-,20?,21+/m0/s1. The molecule has 0 bridgehead atoms. The third kappa shape index (κ3) is 17.7. The summed E-state index contributed by atoms with van der Waals surface area (Å²) in [5.41, 5.74) is 5.82. The lowest BCUT2D eigenvalue weighted by molar-refractivity contribution is -0.143. The Kier molecular flexibility index (Phi) is 21.2. The zero-order valence-electron chi connectivity index (χ0n) is 28.8. The number of ether oxygens (including phenoxy) is 1. The highest BCUT2D eigenvalue weighted by Crippen LogP contribution is 2.26. The van der Waals surface area contributed by atoms with Crippen molar-refractivity contribution in [3.05, 3.63) is 0 Å². The van der Waals surface area contributed by atoms with E-state index in [1.54, 1.807) is 0 Å². The molecule has 0 saturated carbocycles. The molecule has 22 nitrogen and oxygen atoms in total. The summed E-state index contributed by atoms with van der Waals surface area (Å²) in [6, 6.07) is -6.96. The van der Waals surface area contributed by atoms with Crippen molar-refractivity contribution in [2.75, 3.05) is 18.1 Å². The second kappa shape index (κ2) is 24.4. The number of nitrogens with two attached hydrogens (primary N) is 1. The van der Waals surface area contributed by atoms with Crippen LogP contribution < -0.4 is 27.0 Å². The van der Waals surface area contributed by atoms with Gasteiger partial charge < -0.3 is 52.2 Å². The van der Waals surface area contributed by atoms with Gasteiger partial charge in [-0.3, -0.25) is 43.3 Å². The predicted octanol–water partition coefficient (Wildman–Crippen LogP) is -2.34. The average molecular weight is 809 g/mol. The Labute approximate surface area is 317 Å². The molecule has 1 aliphatic rings. The molecule has 1 rings (SSSR count). The van der Waals surface area contributed by atoms with Crippen molar-refractivity contribution < 1.29 is 77.9 Å². The number of carboxylic acids is 4. The predicted molar refractivity (Wildman–Crippen MR) is 187 cm³/mol. The first-order valence-electron chi connectivity index (χ1n) is 16.4. The summed E-state index contributed by atoms with van der Waals surface area (Å²) in [5.74, 6) is -9.47. The normalized spacial score (nSPS) is 16.6. The molecule has 0 radical (unpaired) electrons. The highest BCUT2D eigenvalue weighted by atomic mass is 32.2. The van der Waals surface area contributed by atoms with Crippen LogP contribution >= 0.6 is 24.4 Å². The quantitative estimate of drug-likeness (QED) is 0.0130. The zero-order chi connectivity index (χ0) is 41.0. The number of carbonyl (C=O) groups is 11. The highest BCUT2D eigenvalue weighted by molar-refractivity contribution is 8.00. The molecule has 1 heterocycles. The van der Waals surface area contributed by atoms with E-state index in [2.05, 4.69) is 38.6 Å². The first-order chi connectivity index (χ1) is 25.4. The number of thiol groups is 1. The molecule has 24 heteroatoms. The summed E-state index contributed by atoms with van der Waals surface area (Å²) in [4.78, 5) is 131. The van der Waals surface area contributed by atoms with Crippen LogP contribution in [-0.4, -0.2) is 145 Å². The second-order valence-corrected chi connectivity index (χ2v) is 13.4. The molecule has 54 heavy (non-hydrogen) atoms. The first-order valence-corrected chi connectivity index (χ1v) is 18.1. The fraction of sp³-hybridized carbons (Fsp3) is 0.633. The van der Waals surface area contributed by atoms with Gasteiger partial charge in [-0.25, -0.2) is 14.4 Å². The van der Waals surface area contributed by atoms with Crippen molar-refractivity contribution >= 4 is 90.2 Å². The lowest BCUT2D eigenvalue weighted by atomic mass is 10.0. The van der Waals surface area contributed by atoms with Crippen LogP contribution in [0.3, 0.4) is 0 Å². The summed E-state index contributed by atoms with van der Waals surface area (Å²) >= 11 is 4.64. The average Bonchev–Trinajstić information content (AvgIpc) is 3.36. The van der Waals surface area contributed by atoms with Crippen molar-refractivity contribution in [1.29, 1.82) is 0 Å². The minimum absolute atomic E-state index is 0.0144. The summed E-state index contributed by atoms with van der Waals surface area (Å²) < 4.78 is 4.58. The van der Waals surface area contributed by atoms with E-state index in [0.717, 1.165) is 16.7 Å². The molecule has 0 aromatic rings. The number of nitrogens with one attached hydrogen (secondary N) is 4. The fourth-order valence-corrected chi connectivity index (χ4v) is 6.14. The molecule has 6 amide bonds. The van der Waals surface area contributed by atoms with Crippen LogP contribution in [-0.2, 0) is 52.7 Å². The number of nitrogens with zero attached hydrogens (tertiary/aromatic N) is 1. The Bertz CT molecular complexity index is 1420. The molecule has 0 spiro atoms. The lowest BCUT2D eigenvalue weighted by Crippen LogP contribution is -2.55. The molecule has 2 unspecified atom stereocenters. The molecule has 10 N–H and O–H groups in total. The molecule has 1 fully saturated rings. The van der Waals surface area contributed by atoms with Gasteiger partial charge in [-0.15, -0.1) is 11.8 Å². The van der Waals surface area contributed by atoms with Crippen LogP contribution in [0.25, 0.3) is 0 Å². The molecule has 6 atom stereocenters. The number of Topliss-reactive ketones (excluding diaryl/α,β-unsaturated/α-hetero) is 1. The molecule has 0 aromatic heterocycles. The van der Waals surface area contributed by atoms with Gasteiger partial charge in [0.05, 0.1) is 24.1 Å². The second-order valence-electron chi connectivity index (χ2n) is 11.8. The molecular weight excluding hydrogens is 764 g/mol. The Morgan fingerprint density at radius 2 is 1.48 bits per heavy atom. The number of thioether (sulfide) groups is 1. The smallest absolute Gasteiger partial charge is 0.327 e. The van der Waals surface area contributed by atoms with Gasteiger partial charge in [0.1, 0.15) is 23.9 Å². The number of carboxylic acid groups (broad SMARTS) is 4. The van der Waals surface area contributed by atoms with Gasteiger partial charge in [-0.05, 0) is 19.3 Å². The van der Waals surface area contributed by atoms with E-state index in [1.807, 2.05) is 0 Å². The Morgan fingerprint density at radius 1 is 0.833 bits per heavy atom. The van der Waals surface area contributed by atoms with Gasteiger partial charge in [0.15, 0.2) is 6.23 Å². The van der Waals surface area contributed by atoms with E-state index in [1.165, 1.54) is 0 Å². The fourth-order valence-electron chi connectivity index (χ4n) is 4.71. The SMILES string of the molecule is N[C@@H](CCC(=O)CCCCCN1C(=O)CC(SC[C@H](NC(=O)N[C@@H](CCC(=O)O)OC=O)C(=O)O)C1=O)C(=O)NC(CC(=O)O)C(=O)N[C@@H](CS)C(=O)O. The third-order valence-electron chi connectivity index (χ3n) is 7.62. The number of carbonyl (C=O) groups excluding carboxylic acids is 7. The van der Waals surface area contributed by atoms with Crippen LogP contribution in [0.15, 0.2) is 0 Å². The van der Waals surface area contributed by atoms with Crippen LogP contribution in [0.4, 0.5) is 4.79 Å². The number of unbranched alkanes of at least 4 members (excludes halogenated alkanes) is 2. The van der Waals surface area contributed by atoms with Gasteiger partial charge in [-0.1, -0.05) is 6.42 Å². The van der Waals surface area contributed by atoms with Gasteiger partial charge in [0.25, 0.3) is 6.47 Å². The van der Waals surface area contributed by atoms with Crippen molar-refractivity contribution in [3.63, 3.8) is 0 Å². The largest absolute Gasteiger partial charge is 0.481 e. The van der Waals surface area contributed by atoms with Crippen LogP contribution in [0.5, 0.6) is 0 Å². The number of rotatable bonds is 28. The summed E-state index contributed by atoms with van der Waals surface area (Å²) in [5, 5.41) is 44.0. The molecule has 0 aliphatic carbocycles. The molecular formula is C30H44N6O16S2. The Balaban J connectivity index is 2.49. The van der Waals surface area contributed by atoms with E-state index in [9.17, 15) is 57.8 Å². The van der Waals surface area contributed by atoms with E-state index < -0.39 is 102 Å². The van der Waals surface area contributed by atoms with Gasteiger partial charge in [0.2, 0.25) is 23.6 Å². The number of likely N-dealkylation sites (tertiary alicyclic amines) is 1. The number of urea groups is 1. The molecule has 1 saturated heterocycles. The maximum atomic E-state index is 12.8. The number of amides is 6. The maximum Gasteiger partial charge on any atom is 0.327 e. The monoisotopic (exact) mass is 808 g/mol. The maximum absolute atomic E-state index is 12.8. The Morgan fingerprint density at radius 3 is 2.06 bits per heavy atom.